The number of amides is 2. The number of fused-ring (bicyclic) bond motifs is 1. The van der Waals surface area contributed by atoms with Gasteiger partial charge in [-0.25, -0.2) is 4.79 Å². The van der Waals surface area contributed by atoms with Crippen LogP contribution in [0.3, 0.4) is 0 Å². The average molecular weight is 710 g/mol. The lowest BCUT2D eigenvalue weighted by Crippen LogP contribution is -2.61. The molecule has 52 heavy (non-hydrogen) atoms. The lowest BCUT2D eigenvalue weighted by Gasteiger charge is -2.50. The third-order valence-electron chi connectivity index (χ3n) is 10.5. The van der Waals surface area contributed by atoms with Gasteiger partial charge in [0.25, 0.3) is 0 Å². The van der Waals surface area contributed by atoms with Crippen molar-refractivity contribution >= 4 is 12.0 Å². The predicted octanol–water partition coefficient (Wildman–Crippen LogP) is 7.74. The number of piperidine rings is 1. The van der Waals surface area contributed by atoms with E-state index in [1.807, 2.05) is 69.3 Å². The summed E-state index contributed by atoms with van der Waals surface area (Å²) in [4.78, 5) is 28.3. The zero-order chi connectivity index (χ0) is 36.7. The van der Waals surface area contributed by atoms with Crippen LogP contribution in [0, 0.1) is 5.92 Å². The summed E-state index contributed by atoms with van der Waals surface area (Å²) in [6, 6.07) is 24.4. The molecule has 278 valence electrons. The molecule has 3 aromatic carbocycles. The van der Waals surface area contributed by atoms with Crippen LogP contribution in [0.4, 0.5) is 4.79 Å². The Labute approximate surface area is 308 Å². The molecule has 2 saturated heterocycles. The van der Waals surface area contributed by atoms with Gasteiger partial charge in [0.2, 0.25) is 5.91 Å². The van der Waals surface area contributed by atoms with Crippen LogP contribution in [0.1, 0.15) is 100 Å². The van der Waals surface area contributed by atoms with E-state index in [2.05, 4.69) is 46.4 Å². The highest BCUT2D eigenvalue weighted by molar-refractivity contribution is 5.82. The molecule has 0 aromatic heterocycles. The molecular formula is C43H55N3O6. The van der Waals surface area contributed by atoms with Gasteiger partial charge in [-0.2, -0.15) is 0 Å². The van der Waals surface area contributed by atoms with Crippen LogP contribution in [0.5, 0.6) is 0 Å². The largest absolute Gasteiger partial charge is 0.445 e. The molecule has 2 amide bonds. The highest BCUT2D eigenvalue weighted by atomic mass is 16.7. The number of nitrogens with one attached hydrogen (secondary N) is 2. The fourth-order valence-corrected chi connectivity index (χ4v) is 8.08. The first-order valence-electron chi connectivity index (χ1n) is 18.9. The van der Waals surface area contributed by atoms with Crippen LogP contribution in [0.25, 0.3) is 11.1 Å². The molecule has 9 heteroatoms. The molecule has 0 spiro atoms. The zero-order valence-electron chi connectivity index (χ0n) is 30.9. The summed E-state index contributed by atoms with van der Waals surface area (Å²) in [7, 11) is 0. The highest BCUT2D eigenvalue weighted by Gasteiger charge is 2.44. The van der Waals surface area contributed by atoms with Crippen molar-refractivity contribution in [2.45, 2.75) is 115 Å². The maximum Gasteiger partial charge on any atom is 0.407 e. The number of rotatable bonds is 11. The number of aliphatic hydroxyl groups excluding tert-OH is 1. The van der Waals surface area contributed by atoms with Crippen molar-refractivity contribution in [2.24, 2.45) is 5.92 Å². The van der Waals surface area contributed by atoms with E-state index in [1.54, 1.807) is 0 Å². The smallest absolute Gasteiger partial charge is 0.407 e. The van der Waals surface area contributed by atoms with Gasteiger partial charge in [0.1, 0.15) is 6.61 Å². The van der Waals surface area contributed by atoms with E-state index in [4.69, 9.17) is 14.2 Å². The van der Waals surface area contributed by atoms with E-state index in [0.29, 0.717) is 31.5 Å². The Morgan fingerprint density at radius 1 is 0.923 bits per heavy atom. The van der Waals surface area contributed by atoms with Crippen molar-refractivity contribution in [2.75, 3.05) is 13.2 Å². The number of carbonyl (C=O) groups is 2. The molecule has 6 atom stereocenters. The van der Waals surface area contributed by atoms with Crippen molar-refractivity contribution in [1.82, 2.24) is 15.5 Å². The molecule has 1 saturated carbocycles. The number of aliphatic hydroxyl groups is 1. The normalized spacial score (nSPS) is 25.1. The minimum atomic E-state index is -0.625. The Bertz CT molecular complexity index is 1670. The number of ether oxygens (including phenoxy) is 3. The van der Waals surface area contributed by atoms with Crippen molar-refractivity contribution in [3.63, 3.8) is 0 Å². The van der Waals surface area contributed by atoms with E-state index in [-0.39, 0.29) is 42.9 Å². The molecule has 2 aliphatic heterocycles. The van der Waals surface area contributed by atoms with Gasteiger partial charge < -0.3 is 30.0 Å². The summed E-state index contributed by atoms with van der Waals surface area (Å²) in [5.74, 6) is 0.709. The molecule has 2 heterocycles. The van der Waals surface area contributed by atoms with Gasteiger partial charge >= 0.3 is 6.09 Å². The third-order valence-corrected chi connectivity index (χ3v) is 10.5. The van der Waals surface area contributed by atoms with E-state index in [0.717, 1.165) is 52.6 Å². The summed E-state index contributed by atoms with van der Waals surface area (Å²) < 4.78 is 18.7. The summed E-state index contributed by atoms with van der Waals surface area (Å²) >= 11 is 0. The number of likely N-dealkylation sites (tertiary alicyclic amines) is 1. The quantitative estimate of drug-likeness (QED) is 0.175. The van der Waals surface area contributed by atoms with Crippen LogP contribution in [-0.4, -0.2) is 58.9 Å². The first-order valence-corrected chi connectivity index (χ1v) is 18.9. The second-order valence-corrected chi connectivity index (χ2v) is 15.6. The first-order chi connectivity index (χ1) is 25.1. The number of hydrogen-bond acceptors (Lipinski definition) is 7. The number of hydrogen-bond donors (Lipinski definition) is 3. The highest BCUT2D eigenvalue weighted by Crippen LogP contribution is 2.42. The summed E-state index contributed by atoms with van der Waals surface area (Å²) in [6.07, 6.45) is 7.38. The van der Waals surface area contributed by atoms with E-state index >= 15 is 0 Å². The number of carbonyl (C=O) groups excluding carboxylic acids is 2. The van der Waals surface area contributed by atoms with E-state index < -0.39 is 12.4 Å². The van der Waals surface area contributed by atoms with Gasteiger partial charge in [-0.3, -0.25) is 9.69 Å². The van der Waals surface area contributed by atoms with E-state index in [9.17, 15) is 14.7 Å². The fourth-order valence-electron chi connectivity index (χ4n) is 8.08. The lowest BCUT2D eigenvalue weighted by molar-refractivity contribution is -0.255. The Balaban J connectivity index is 1.26. The maximum atomic E-state index is 13.8. The second-order valence-electron chi connectivity index (χ2n) is 15.6. The van der Waals surface area contributed by atoms with Gasteiger partial charge in [-0.15, -0.1) is 0 Å². The molecule has 9 nitrogen and oxygen atoms in total. The van der Waals surface area contributed by atoms with Crippen LogP contribution >= 0.6 is 0 Å². The molecule has 1 aliphatic carbocycles. The van der Waals surface area contributed by atoms with Crippen LogP contribution in [0.2, 0.25) is 0 Å². The molecule has 3 fully saturated rings. The molecule has 3 aliphatic rings. The summed E-state index contributed by atoms with van der Waals surface area (Å²) in [5, 5.41) is 15.8. The van der Waals surface area contributed by atoms with Gasteiger partial charge in [0.05, 0.1) is 24.9 Å². The van der Waals surface area contributed by atoms with Gasteiger partial charge in [-0.1, -0.05) is 86.2 Å². The molecular weight excluding hydrogens is 654 g/mol. The Kier molecular flexibility index (Phi) is 12.5. The van der Waals surface area contributed by atoms with Gasteiger partial charge in [-0.05, 0) is 92.3 Å². The van der Waals surface area contributed by atoms with Crippen molar-refractivity contribution in [3.8, 4) is 11.1 Å². The standard InChI is InChI=1S/C43H55N3O6/c1-5-22-50-42(49)44-26-30-10-8-12-33(23-30)34-13-9-14-35(24-34)41-51-36(25-39(52-41)32-18-16-29(28-47)17-19-32)27-46-37-15-7-6-11-31(37)20-21-38(46)40(48)45-43(2,3)4/h5,8-10,12-14,16-19,23-24,31,36-39,41,47H,1,6-7,11,15,20-22,25-28H2,2-4H3,(H,44,49)(H,45,48)/t31-,36-,37-,38-,39+,41+/m1/s1. The predicted molar refractivity (Wildman–Crippen MR) is 202 cm³/mol. The summed E-state index contributed by atoms with van der Waals surface area (Å²) in [5.41, 5.74) is 5.45. The van der Waals surface area contributed by atoms with Crippen molar-refractivity contribution in [1.29, 1.82) is 0 Å². The summed E-state index contributed by atoms with van der Waals surface area (Å²) in [6.45, 7) is 10.8. The molecule has 0 bridgehead atoms. The molecule has 0 radical (unpaired) electrons. The number of benzene rings is 3. The molecule has 3 N–H and O–H groups in total. The maximum absolute atomic E-state index is 13.8. The Hall–Kier alpha value is -4.02. The van der Waals surface area contributed by atoms with Crippen LogP contribution in [0.15, 0.2) is 85.5 Å². The third kappa shape index (κ3) is 9.69. The monoisotopic (exact) mass is 709 g/mol. The minimum absolute atomic E-state index is 0.0147. The van der Waals surface area contributed by atoms with Crippen LogP contribution < -0.4 is 10.6 Å². The first kappa shape index (κ1) is 37.7. The topological polar surface area (TPSA) is 109 Å². The lowest BCUT2D eigenvalue weighted by atomic mass is 9.75. The van der Waals surface area contributed by atoms with Gasteiger partial charge in [0.15, 0.2) is 6.29 Å². The molecule has 6 rings (SSSR count). The average Bonchev–Trinajstić information content (AvgIpc) is 3.15. The SMILES string of the molecule is C=CCOC(=O)NCc1cccc(-c2cccc([C@H]3O[C@@H](CN4[C@@H](C(=O)NC(C)(C)C)CC[C@H]5CCCC[C@H]54)C[C@@H](c4ccc(CO)cc4)O3)c2)c1. The van der Waals surface area contributed by atoms with Crippen molar-refractivity contribution < 1.29 is 28.9 Å². The van der Waals surface area contributed by atoms with E-state index in [1.165, 1.54) is 25.3 Å². The van der Waals surface area contributed by atoms with Gasteiger partial charge in [0, 0.05) is 36.7 Å². The fraction of sp³-hybridized carbons (Fsp3) is 0.488. The minimum Gasteiger partial charge on any atom is -0.445 e. The second kappa shape index (κ2) is 17.2. The number of alkyl carbamates (subject to hydrolysis) is 1. The van der Waals surface area contributed by atoms with Crippen LogP contribution in [-0.2, 0) is 32.2 Å². The number of nitrogens with zero attached hydrogens (tertiary/aromatic N) is 1. The molecule has 0 unspecified atom stereocenters. The molecule has 3 aromatic rings. The Morgan fingerprint density at radius 3 is 2.42 bits per heavy atom. The van der Waals surface area contributed by atoms with Crippen molar-refractivity contribution in [3.05, 3.63) is 108 Å². The zero-order valence-corrected chi connectivity index (χ0v) is 30.9. The Morgan fingerprint density at radius 2 is 1.67 bits per heavy atom.